The summed E-state index contributed by atoms with van der Waals surface area (Å²) in [6.07, 6.45) is 1.84. The molecular formula is C15H11Cl3N2O3. The number of hydrogen-bond donors (Lipinski definition) is 1. The monoisotopic (exact) mass is 372 g/mol. The molecule has 1 N–H and O–H groups in total. The zero-order chi connectivity index (χ0) is 17.0. The molecule has 120 valence electrons. The van der Waals surface area contributed by atoms with Gasteiger partial charge in [-0.2, -0.15) is 0 Å². The van der Waals surface area contributed by atoms with Gasteiger partial charge in [-0.05, 0) is 31.2 Å². The highest BCUT2D eigenvalue weighted by Crippen LogP contribution is 2.32. The molecule has 0 aliphatic rings. The quantitative estimate of drug-likeness (QED) is 0.643. The first kappa shape index (κ1) is 17.5. The standard InChI is InChI=1S/C15H11Cl3N2O3/c1-8(23-15(22)9-3-2-4-19-7-9)14(21)20-13-6-11(17)10(16)5-12(13)18/h2-8H,1H3,(H,20,21)/t8-/m0/s1. The summed E-state index contributed by atoms with van der Waals surface area (Å²) in [6, 6.07) is 5.96. The fourth-order valence-electron chi connectivity index (χ4n) is 1.62. The Morgan fingerprint density at radius 2 is 1.87 bits per heavy atom. The molecule has 1 aromatic carbocycles. The number of benzene rings is 1. The van der Waals surface area contributed by atoms with Gasteiger partial charge in [0.1, 0.15) is 0 Å². The third kappa shape index (κ3) is 4.58. The van der Waals surface area contributed by atoms with Gasteiger partial charge in [-0.25, -0.2) is 4.79 Å². The molecule has 8 heteroatoms. The van der Waals surface area contributed by atoms with E-state index in [9.17, 15) is 9.59 Å². The fraction of sp³-hybridized carbons (Fsp3) is 0.133. The second-order valence-corrected chi connectivity index (χ2v) is 5.75. The van der Waals surface area contributed by atoms with Crippen LogP contribution in [-0.2, 0) is 9.53 Å². The van der Waals surface area contributed by atoms with Gasteiger partial charge in [0.05, 0.1) is 26.3 Å². The lowest BCUT2D eigenvalue weighted by atomic mass is 10.2. The van der Waals surface area contributed by atoms with Gasteiger partial charge in [0, 0.05) is 12.4 Å². The summed E-state index contributed by atoms with van der Waals surface area (Å²) in [5.41, 5.74) is 0.523. The molecule has 1 aromatic heterocycles. The maximum atomic E-state index is 12.1. The Balaban J connectivity index is 2.03. The number of esters is 1. The molecule has 23 heavy (non-hydrogen) atoms. The maximum absolute atomic E-state index is 12.1. The Bertz CT molecular complexity index is 738. The number of nitrogens with one attached hydrogen (secondary N) is 1. The first-order valence-electron chi connectivity index (χ1n) is 6.45. The molecule has 0 aliphatic heterocycles. The third-order valence-electron chi connectivity index (χ3n) is 2.82. The lowest BCUT2D eigenvalue weighted by Crippen LogP contribution is -2.30. The maximum Gasteiger partial charge on any atom is 0.340 e. The highest BCUT2D eigenvalue weighted by Gasteiger charge is 2.20. The van der Waals surface area contributed by atoms with Crippen LogP contribution in [0.1, 0.15) is 17.3 Å². The molecule has 2 aromatic rings. The molecule has 0 spiro atoms. The van der Waals surface area contributed by atoms with Crippen molar-refractivity contribution in [3.05, 3.63) is 57.3 Å². The van der Waals surface area contributed by atoms with E-state index in [4.69, 9.17) is 39.5 Å². The number of ether oxygens (including phenoxy) is 1. The SMILES string of the molecule is C[C@H](OC(=O)c1cccnc1)C(=O)Nc1cc(Cl)c(Cl)cc1Cl. The Kier molecular flexibility index (Phi) is 5.82. The molecule has 1 atom stereocenters. The fourth-order valence-corrected chi connectivity index (χ4v) is 2.21. The van der Waals surface area contributed by atoms with E-state index >= 15 is 0 Å². The Morgan fingerprint density at radius 1 is 1.17 bits per heavy atom. The zero-order valence-electron chi connectivity index (χ0n) is 11.8. The summed E-state index contributed by atoms with van der Waals surface area (Å²) in [6.45, 7) is 1.44. The Hall–Kier alpha value is -1.82. The van der Waals surface area contributed by atoms with Crippen molar-refractivity contribution in [1.82, 2.24) is 4.98 Å². The molecule has 0 aliphatic carbocycles. The lowest BCUT2D eigenvalue weighted by Gasteiger charge is -2.14. The van der Waals surface area contributed by atoms with Crippen molar-refractivity contribution in [2.24, 2.45) is 0 Å². The minimum Gasteiger partial charge on any atom is -0.449 e. The van der Waals surface area contributed by atoms with Crippen molar-refractivity contribution in [3.63, 3.8) is 0 Å². The molecule has 5 nitrogen and oxygen atoms in total. The summed E-state index contributed by atoms with van der Waals surface area (Å²) >= 11 is 17.7. The van der Waals surface area contributed by atoms with Gasteiger partial charge in [0.15, 0.2) is 6.10 Å². The number of pyridine rings is 1. The van der Waals surface area contributed by atoms with Crippen molar-refractivity contribution in [1.29, 1.82) is 0 Å². The second-order valence-electron chi connectivity index (χ2n) is 4.52. The number of carbonyl (C=O) groups is 2. The predicted molar refractivity (Wildman–Crippen MR) is 89.2 cm³/mol. The third-order valence-corrected chi connectivity index (χ3v) is 3.85. The van der Waals surface area contributed by atoms with Gasteiger partial charge >= 0.3 is 5.97 Å². The topological polar surface area (TPSA) is 68.3 Å². The predicted octanol–water partition coefficient (Wildman–Crippen LogP) is 4.23. The lowest BCUT2D eigenvalue weighted by molar-refractivity contribution is -0.123. The van der Waals surface area contributed by atoms with Crippen molar-refractivity contribution < 1.29 is 14.3 Å². The second kappa shape index (κ2) is 7.64. The first-order valence-corrected chi connectivity index (χ1v) is 7.58. The van der Waals surface area contributed by atoms with E-state index in [1.807, 2.05) is 0 Å². The van der Waals surface area contributed by atoms with Crippen LogP contribution in [0.5, 0.6) is 0 Å². The van der Waals surface area contributed by atoms with E-state index in [-0.39, 0.29) is 26.3 Å². The minimum absolute atomic E-state index is 0.221. The van der Waals surface area contributed by atoms with Crippen LogP contribution < -0.4 is 5.32 Å². The molecule has 0 unspecified atom stereocenters. The van der Waals surface area contributed by atoms with Crippen LogP contribution in [0.4, 0.5) is 5.69 Å². The zero-order valence-corrected chi connectivity index (χ0v) is 14.1. The molecule has 0 saturated heterocycles. The first-order chi connectivity index (χ1) is 10.9. The summed E-state index contributed by atoms with van der Waals surface area (Å²) < 4.78 is 5.07. The summed E-state index contributed by atoms with van der Waals surface area (Å²) in [5.74, 6) is -1.21. The van der Waals surface area contributed by atoms with Crippen molar-refractivity contribution in [3.8, 4) is 0 Å². The molecule has 0 bridgehead atoms. The highest BCUT2D eigenvalue weighted by atomic mass is 35.5. The highest BCUT2D eigenvalue weighted by molar-refractivity contribution is 6.44. The molecule has 2 rings (SSSR count). The van der Waals surface area contributed by atoms with Crippen LogP contribution in [0.25, 0.3) is 0 Å². The van der Waals surface area contributed by atoms with E-state index in [1.54, 1.807) is 6.07 Å². The van der Waals surface area contributed by atoms with Gasteiger partial charge in [0.2, 0.25) is 0 Å². The van der Waals surface area contributed by atoms with E-state index in [0.717, 1.165) is 0 Å². The molecule has 0 radical (unpaired) electrons. The van der Waals surface area contributed by atoms with Crippen molar-refractivity contribution in [2.45, 2.75) is 13.0 Å². The van der Waals surface area contributed by atoms with Crippen molar-refractivity contribution >= 4 is 52.4 Å². The molecule has 0 fully saturated rings. The minimum atomic E-state index is -1.03. The van der Waals surface area contributed by atoms with E-state index in [0.29, 0.717) is 0 Å². The summed E-state index contributed by atoms with van der Waals surface area (Å²) in [5, 5.41) is 3.26. The normalized spacial score (nSPS) is 11.7. The van der Waals surface area contributed by atoms with E-state index in [1.165, 1.54) is 37.5 Å². The van der Waals surface area contributed by atoms with Crippen LogP contribution in [0.3, 0.4) is 0 Å². The Morgan fingerprint density at radius 3 is 2.52 bits per heavy atom. The number of anilines is 1. The van der Waals surface area contributed by atoms with E-state index < -0.39 is 18.0 Å². The number of halogens is 3. The average molecular weight is 374 g/mol. The number of carbonyl (C=O) groups excluding carboxylic acids is 2. The molecule has 0 saturated carbocycles. The summed E-state index contributed by atoms with van der Waals surface area (Å²) in [4.78, 5) is 27.8. The number of amides is 1. The van der Waals surface area contributed by atoms with Crippen LogP contribution in [-0.4, -0.2) is 23.0 Å². The average Bonchev–Trinajstić information content (AvgIpc) is 2.53. The van der Waals surface area contributed by atoms with Gasteiger partial charge in [-0.15, -0.1) is 0 Å². The van der Waals surface area contributed by atoms with Gasteiger partial charge < -0.3 is 10.1 Å². The Labute approximate surface area is 147 Å². The molecule has 1 amide bonds. The van der Waals surface area contributed by atoms with Crippen LogP contribution in [0, 0.1) is 0 Å². The van der Waals surface area contributed by atoms with Gasteiger partial charge in [-0.1, -0.05) is 34.8 Å². The van der Waals surface area contributed by atoms with Crippen LogP contribution in [0.2, 0.25) is 15.1 Å². The number of hydrogen-bond acceptors (Lipinski definition) is 4. The number of aromatic nitrogens is 1. The summed E-state index contributed by atoms with van der Waals surface area (Å²) in [7, 11) is 0. The van der Waals surface area contributed by atoms with Crippen LogP contribution >= 0.6 is 34.8 Å². The van der Waals surface area contributed by atoms with E-state index in [2.05, 4.69) is 10.3 Å². The smallest absolute Gasteiger partial charge is 0.340 e. The van der Waals surface area contributed by atoms with Crippen molar-refractivity contribution in [2.75, 3.05) is 5.32 Å². The molecule has 1 heterocycles. The number of nitrogens with zero attached hydrogens (tertiary/aromatic N) is 1. The molecular weight excluding hydrogens is 363 g/mol. The number of rotatable bonds is 4. The van der Waals surface area contributed by atoms with Gasteiger partial charge in [-0.3, -0.25) is 9.78 Å². The van der Waals surface area contributed by atoms with Crippen LogP contribution in [0.15, 0.2) is 36.7 Å². The van der Waals surface area contributed by atoms with Gasteiger partial charge in [0.25, 0.3) is 5.91 Å². The largest absolute Gasteiger partial charge is 0.449 e.